The molecule has 2 atom stereocenters. The first-order valence-corrected chi connectivity index (χ1v) is 10.2. The van der Waals surface area contributed by atoms with Crippen LogP contribution in [-0.2, 0) is 17.1 Å². The summed E-state index contributed by atoms with van der Waals surface area (Å²) >= 11 is 0. The molecule has 0 radical (unpaired) electrons. The van der Waals surface area contributed by atoms with Crippen LogP contribution in [0.15, 0.2) is 78.2 Å². The van der Waals surface area contributed by atoms with Gasteiger partial charge in [0.2, 0.25) is 0 Å². The predicted molar refractivity (Wildman–Crippen MR) is 102 cm³/mol. The van der Waals surface area contributed by atoms with Crippen LogP contribution in [0.5, 0.6) is 5.75 Å². The molecule has 1 saturated heterocycles. The average molecular weight is 383 g/mol. The highest BCUT2D eigenvalue weighted by Crippen LogP contribution is 2.33. The van der Waals surface area contributed by atoms with Gasteiger partial charge in [-0.05, 0) is 17.7 Å². The van der Waals surface area contributed by atoms with Gasteiger partial charge in [0, 0.05) is 25.7 Å². The molecule has 0 saturated carbocycles. The summed E-state index contributed by atoms with van der Waals surface area (Å²) in [5.74, 6) is 0.686. The Bertz CT molecular complexity index is 1000. The van der Waals surface area contributed by atoms with E-state index in [0.29, 0.717) is 6.54 Å². The van der Waals surface area contributed by atoms with E-state index in [9.17, 15) is 8.42 Å². The summed E-state index contributed by atoms with van der Waals surface area (Å²) < 4.78 is 35.3. The first kappa shape index (κ1) is 17.8. The molecule has 1 aliphatic rings. The molecule has 6 nitrogen and oxygen atoms in total. The van der Waals surface area contributed by atoms with Crippen LogP contribution in [-0.4, -0.2) is 41.5 Å². The van der Waals surface area contributed by atoms with E-state index in [4.69, 9.17) is 4.74 Å². The van der Waals surface area contributed by atoms with Crippen molar-refractivity contribution >= 4 is 10.0 Å². The van der Waals surface area contributed by atoms with Crippen LogP contribution in [0.3, 0.4) is 0 Å². The van der Waals surface area contributed by atoms with E-state index in [0.717, 1.165) is 11.3 Å². The Morgan fingerprint density at radius 3 is 2.30 bits per heavy atom. The van der Waals surface area contributed by atoms with E-state index in [-0.39, 0.29) is 23.6 Å². The fourth-order valence-electron chi connectivity index (χ4n) is 3.40. The summed E-state index contributed by atoms with van der Waals surface area (Å²) in [5.41, 5.74) is 1.07. The van der Waals surface area contributed by atoms with Gasteiger partial charge in [0.15, 0.2) is 5.03 Å². The van der Waals surface area contributed by atoms with E-state index in [1.807, 2.05) is 60.7 Å². The molecule has 7 heteroatoms. The van der Waals surface area contributed by atoms with Crippen LogP contribution in [0.1, 0.15) is 11.5 Å². The first-order chi connectivity index (χ1) is 13.0. The Morgan fingerprint density at radius 2 is 1.67 bits per heavy atom. The number of hydrogen-bond acceptors (Lipinski definition) is 4. The molecule has 3 aromatic rings. The largest absolute Gasteiger partial charge is 0.488 e. The van der Waals surface area contributed by atoms with E-state index >= 15 is 0 Å². The minimum atomic E-state index is -3.66. The fourth-order valence-corrected chi connectivity index (χ4v) is 4.85. The third kappa shape index (κ3) is 3.61. The third-order valence-corrected chi connectivity index (χ3v) is 6.49. The first-order valence-electron chi connectivity index (χ1n) is 8.79. The molecular formula is C20H21N3O3S. The molecule has 0 aliphatic carbocycles. The molecule has 1 aliphatic heterocycles. The molecule has 140 valence electrons. The molecule has 27 heavy (non-hydrogen) atoms. The van der Waals surface area contributed by atoms with Gasteiger partial charge in [0.05, 0.1) is 12.9 Å². The van der Waals surface area contributed by atoms with Crippen molar-refractivity contribution in [3.8, 4) is 5.75 Å². The normalized spacial score (nSPS) is 20.6. The van der Waals surface area contributed by atoms with Crippen LogP contribution in [0, 0.1) is 0 Å². The van der Waals surface area contributed by atoms with E-state index in [2.05, 4.69) is 4.98 Å². The highest BCUT2D eigenvalue weighted by Gasteiger charge is 2.42. The second kappa shape index (κ2) is 7.17. The maximum absolute atomic E-state index is 13.0. The summed E-state index contributed by atoms with van der Waals surface area (Å²) in [6.45, 7) is 0.647. The van der Waals surface area contributed by atoms with Crippen LogP contribution in [0.2, 0.25) is 0 Å². The summed E-state index contributed by atoms with van der Waals surface area (Å²) in [6, 6.07) is 19.4. The Kier molecular flexibility index (Phi) is 4.72. The predicted octanol–water partition coefficient (Wildman–Crippen LogP) is 2.66. The second-order valence-electron chi connectivity index (χ2n) is 6.69. The molecule has 0 unspecified atom stereocenters. The van der Waals surface area contributed by atoms with Gasteiger partial charge in [0.1, 0.15) is 11.9 Å². The maximum Gasteiger partial charge on any atom is 0.262 e. The minimum absolute atomic E-state index is 0.0510. The molecule has 0 spiro atoms. The molecule has 2 aromatic carbocycles. The Hall–Kier alpha value is -2.64. The summed E-state index contributed by atoms with van der Waals surface area (Å²) in [6.07, 6.45) is 2.75. The van der Waals surface area contributed by atoms with Gasteiger partial charge in [-0.2, -0.15) is 4.31 Å². The standard InChI is InChI=1S/C20H21N3O3S/c1-22-14-20(21-15-22)27(24,25)23-12-18(16-8-4-2-5-9-16)19(13-23)26-17-10-6-3-7-11-17/h2-11,14-15,18-19H,12-13H2,1H3/t18-,19-/m1/s1. The van der Waals surface area contributed by atoms with Crippen molar-refractivity contribution in [3.05, 3.63) is 78.8 Å². The number of aryl methyl sites for hydroxylation is 1. The van der Waals surface area contributed by atoms with Gasteiger partial charge in [-0.3, -0.25) is 0 Å². The zero-order valence-electron chi connectivity index (χ0n) is 15.0. The van der Waals surface area contributed by atoms with Gasteiger partial charge < -0.3 is 9.30 Å². The van der Waals surface area contributed by atoms with Gasteiger partial charge in [-0.1, -0.05) is 48.5 Å². The van der Waals surface area contributed by atoms with E-state index in [1.54, 1.807) is 11.6 Å². The quantitative estimate of drug-likeness (QED) is 0.679. The van der Waals surface area contributed by atoms with Crippen LogP contribution in [0.25, 0.3) is 0 Å². The lowest BCUT2D eigenvalue weighted by atomic mass is 9.96. The Morgan fingerprint density at radius 1 is 1.00 bits per heavy atom. The van der Waals surface area contributed by atoms with Crippen molar-refractivity contribution in [2.45, 2.75) is 17.0 Å². The molecule has 0 N–H and O–H groups in total. The smallest absolute Gasteiger partial charge is 0.262 e. The summed E-state index contributed by atoms with van der Waals surface area (Å²) in [4.78, 5) is 4.03. The van der Waals surface area contributed by atoms with Gasteiger partial charge in [-0.25, -0.2) is 13.4 Å². The summed E-state index contributed by atoms with van der Waals surface area (Å²) in [7, 11) is -1.91. The van der Waals surface area contributed by atoms with E-state index in [1.165, 1.54) is 16.8 Å². The number of benzene rings is 2. The molecule has 4 rings (SSSR count). The zero-order valence-corrected chi connectivity index (χ0v) is 15.8. The lowest BCUT2D eigenvalue weighted by Gasteiger charge is -2.20. The van der Waals surface area contributed by atoms with Crippen molar-refractivity contribution in [1.82, 2.24) is 13.9 Å². The minimum Gasteiger partial charge on any atom is -0.488 e. The third-order valence-electron chi connectivity index (χ3n) is 4.78. The summed E-state index contributed by atoms with van der Waals surface area (Å²) in [5, 5.41) is 0.0668. The number of imidazole rings is 1. The van der Waals surface area contributed by atoms with Crippen LogP contribution < -0.4 is 4.74 Å². The monoisotopic (exact) mass is 383 g/mol. The molecule has 2 heterocycles. The topological polar surface area (TPSA) is 64.4 Å². The maximum atomic E-state index is 13.0. The van der Waals surface area contributed by atoms with E-state index < -0.39 is 10.0 Å². The van der Waals surface area contributed by atoms with Gasteiger partial charge in [-0.15, -0.1) is 0 Å². The lowest BCUT2D eigenvalue weighted by Crippen LogP contribution is -2.31. The van der Waals surface area contributed by atoms with Crippen molar-refractivity contribution in [2.75, 3.05) is 13.1 Å². The van der Waals surface area contributed by atoms with Gasteiger partial charge in [0.25, 0.3) is 10.0 Å². The number of sulfonamides is 1. The average Bonchev–Trinajstić information content (AvgIpc) is 3.31. The number of hydrogen-bond donors (Lipinski definition) is 0. The second-order valence-corrected chi connectivity index (χ2v) is 8.57. The van der Waals surface area contributed by atoms with Crippen molar-refractivity contribution in [3.63, 3.8) is 0 Å². The Balaban J connectivity index is 1.64. The van der Waals surface area contributed by atoms with Crippen molar-refractivity contribution in [1.29, 1.82) is 0 Å². The number of ether oxygens (including phenoxy) is 1. The number of nitrogens with zero attached hydrogens (tertiary/aromatic N) is 3. The molecule has 0 amide bonds. The highest BCUT2D eigenvalue weighted by molar-refractivity contribution is 7.89. The highest BCUT2D eigenvalue weighted by atomic mass is 32.2. The molecular weight excluding hydrogens is 362 g/mol. The number of aromatic nitrogens is 2. The molecule has 1 fully saturated rings. The zero-order chi connectivity index (χ0) is 18.9. The molecule has 0 bridgehead atoms. The van der Waals surface area contributed by atoms with Crippen LogP contribution >= 0.6 is 0 Å². The lowest BCUT2D eigenvalue weighted by molar-refractivity contribution is 0.199. The van der Waals surface area contributed by atoms with Gasteiger partial charge >= 0.3 is 0 Å². The molecule has 1 aromatic heterocycles. The SMILES string of the molecule is Cn1cnc(S(=O)(=O)N2C[C@H](c3ccccc3)[C@H](Oc3ccccc3)C2)c1. The number of para-hydroxylation sites is 1. The Labute approximate surface area is 159 Å². The van der Waals surface area contributed by atoms with Crippen molar-refractivity contribution in [2.24, 2.45) is 7.05 Å². The fraction of sp³-hybridized carbons (Fsp3) is 0.250. The van der Waals surface area contributed by atoms with Crippen LogP contribution in [0.4, 0.5) is 0 Å². The number of rotatable bonds is 5. The van der Waals surface area contributed by atoms with Crippen molar-refractivity contribution < 1.29 is 13.2 Å².